The van der Waals surface area contributed by atoms with Gasteiger partial charge in [-0.3, -0.25) is 9.10 Å². The molecule has 3 aromatic carbocycles. The highest BCUT2D eigenvalue weighted by Gasteiger charge is 2.18. The number of nitrogens with one attached hydrogen (secondary N) is 1. The van der Waals surface area contributed by atoms with Gasteiger partial charge in [0.05, 0.1) is 24.5 Å². The van der Waals surface area contributed by atoms with Crippen LogP contribution in [0.4, 0.5) is 10.1 Å². The maximum Gasteiger partial charge on any atom is 0.258 e. The van der Waals surface area contributed by atoms with Crippen molar-refractivity contribution in [2.24, 2.45) is 0 Å². The quantitative estimate of drug-likeness (QED) is 0.427. The molecule has 1 amide bonds. The molecule has 0 radical (unpaired) electrons. The van der Waals surface area contributed by atoms with Crippen LogP contribution in [0.25, 0.3) is 0 Å². The Hall–Kier alpha value is -2.91. The van der Waals surface area contributed by atoms with E-state index < -0.39 is 10.0 Å². The van der Waals surface area contributed by atoms with Crippen LogP contribution in [-0.2, 0) is 21.4 Å². The predicted octanol–water partition coefficient (Wildman–Crippen LogP) is 4.81. The Labute approximate surface area is 201 Å². The molecule has 0 saturated carbocycles. The molecule has 0 aliphatic heterocycles. The molecule has 9 heteroatoms. The van der Waals surface area contributed by atoms with E-state index in [0.29, 0.717) is 17.0 Å². The molecular formula is C24H24BrFN2O4S. The number of ether oxygens (including phenoxy) is 1. The summed E-state index contributed by atoms with van der Waals surface area (Å²) in [7, 11) is -3.58. The molecule has 0 aromatic heterocycles. The number of carbonyl (C=O) groups excluding carboxylic acids is 1. The molecule has 33 heavy (non-hydrogen) atoms. The van der Waals surface area contributed by atoms with Crippen LogP contribution < -0.4 is 14.4 Å². The molecule has 174 valence electrons. The molecule has 1 N–H and O–H groups in total. The molecule has 0 saturated heterocycles. The first-order valence-electron chi connectivity index (χ1n) is 10.1. The molecule has 1 atom stereocenters. The van der Waals surface area contributed by atoms with Gasteiger partial charge in [0.1, 0.15) is 11.6 Å². The van der Waals surface area contributed by atoms with E-state index in [4.69, 9.17) is 4.74 Å². The first-order valence-corrected chi connectivity index (χ1v) is 12.8. The Morgan fingerprint density at radius 3 is 2.21 bits per heavy atom. The van der Waals surface area contributed by atoms with E-state index in [9.17, 15) is 17.6 Å². The van der Waals surface area contributed by atoms with Crippen molar-refractivity contribution >= 4 is 37.5 Å². The topological polar surface area (TPSA) is 75.7 Å². The van der Waals surface area contributed by atoms with Gasteiger partial charge in [0.25, 0.3) is 5.91 Å². The summed E-state index contributed by atoms with van der Waals surface area (Å²) in [6.07, 6.45) is 1.11. The number of carbonyl (C=O) groups is 1. The standard InChI is InChI=1S/C24H24BrFN2O4S/c1-17(19-5-7-20(25)8-6-19)27-24(29)16-32-23-13-11-22(12-14-23)28(33(2,30)31)15-18-3-9-21(26)10-4-18/h3-14,17H,15-16H2,1-2H3,(H,27,29)/t17-/m0/s1. The van der Waals surface area contributed by atoms with Crippen molar-refractivity contribution in [3.63, 3.8) is 0 Å². The Kier molecular flexibility index (Phi) is 8.10. The molecule has 0 spiro atoms. The number of rotatable bonds is 9. The average Bonchev–Trinajstić information content (AvgIpc) is 2.77. The summed E-state index contributed by atoms with van der Waals surface area (Å²) in [4.78, 5) is 12.2. The zero-order valence-corrected chi connectivity index (χ0v) is 20.6. The number of hydrogen-bond donors (Lipinski definition) is 1. The molecule has 3 rings (SSSR count). The highest BCUT2D eigenvalue weighted by molar-refractivity contribution is 9.10. The second-order valence-corrected chi connectivity index (χ2v) is 10.3. The fourth-order valence-electron chi connectivity index (χ4n) is 3.13. The van der Waals surface area contributed by atoms with Crippen LogP contribution in [0.15, 0.2) is 77.3 Å². The van der Waals surface area contributed by atoms with Gasteiger partial charge in [-0.15, -0.1) is 0 Å². The lowest BCUT2D eigenvalue weighted by Gasteiger charge is -2.23. The van der Waals surface area contributed by atoms with Crippen LogP contribution in [-0.4, -0.2) is 27.2 Å². The van der Waals surface area contributed by atoms with E-state index in [1.807, 2.05) is 31.2 Å². The van der Waals surface area contributed by atoms with Crippen LogP contribution in [0.5, 0.6) is 5.75 Å². The Morgan fingerprint density at radius 2 is 1.64 bits per heavy atom. The molecular weight excluding hydrogens is 511 g/mol. The number of benzene rings is 3. The molecule has 0 heterocycles. The van der Waals surface area contributed by atoms with Gasteiger partial charge in [0.2, 0.25) is 10.0 Å². The zero-order valence-electron chi connectivity index (χ0n) is 18.2. The first-order chi connectivity index (χ1) is 15.6. The summed E-state index contributed by atoms with van der Waals surface area (Å²) in [5, 5.41) is 2.87. The summed E-state index contributed by atoms with van der Waals surface area (Å²) in [5.41, 5.74) is 2.05. The lowest BCUT2D eigenvalue weighted by Crippen LogP contribution is -2.31. The summed E-state index contributed by atoms with van der Waals surface area (Å²) in [6, 6.07) is 19.5. The Bertz CT molecular complexity index is 1180. The molecule has 0 unspecified atom stereocenters. The first kappa shape index (κ1) is 24.7. The highest BCUT2D eigenvalue weighted by atomic mass is 79.9. The zero-order chi connectivity index (χ0) is 24.0. The van der Waals surface area contributed by atoms with Crippen molar-refractivity contribution in [3.05, 3.63) is 94.2 Å². The van der Waals surface area contributed by atoms with Crippen molar-refractivity contribution in [1.29, 1.82) is 0 Å². The van der Waals surface area contributed by atoms with Crippen LogP contribution in [0.3, 0.4) is 0 Å². The minimum Gasteiger partial charge on any atom is -0.484 e. The van der Waals surface area contributed by atoms with E-state index in [1.165, 1.54) is 16.4 Å². The van der Waals surface area contributed by atoms with E-state index in [-0.39, 0.29) is 30.9 Å². The van der Waals surface area contributed by atoms with Crippen LogP contribution in [0, 0.1) is 5.82 Å². The molecule has 0 aliphatic rings. The largest absolute Gasteiger partial charge is 0.484 e. The van der Waals surface area contributed by atoms with Gasteiger partial charge in [-0.25, -0.2) is 12.8 Å². The average molecular weight is 535 g/mol. The third-order valence-corrected chi connectivity index (χ3v) is 6.55. The minimum atomic E-state index is -3.58. The Balaban J connectivity index is 1.60. The smallest absolute Gasteiger partial charge is 0.258 e. The van der Waals surface area contributed by atoms with Gasteiger partial charge in [-0.2, -0.15) is 0 Å². The van der Waals surface area contributed by atoms with Crippen molar-refractivity contribution in [2.75, 3.05) is 17.2 Å². The maximum absolute atomic E-state index is 13.1. The highest BCUT2D eigenvalue weighted by Crippen LogP contribution is 2.24. The number of halogens is 2. The summed E-state index contributed by atoms with van der Waals surface area (Å²) in [5.74, 6) is -0.231. The molecule has 6 nitrogen and oxygen atoms in total. The molecule has 0 aliphatic carbocycles. The van der Waals surface area contributed by atoms with Crippen LogP contribution in [0.2, 0.25) is 0 Å². The van der Waals surface area contributed by atoms with Gasteiger partial charge in [0.15, 0.2) is 6.61 Å². The monoisotopic (exact) mass is 534 g/mol. The number of anilines is 1. The Morgan fingerprint density at radius 1 is 1.03 bits per heavy atom. The fraction of sp³-hybridized carbons (Fsp3) is 0.208. The van der Waals surface area contributed by atoms with Gasteiger partial charge in [0, 0.05) is 4.47 Å². The van der Waals surface area contributed by atoms with E-state index in [1.54, 1.807) is 36.4 Å². The molecule has 0 bridgehead atoms. The number of nitrogens with zero attached hydrogens (tertiary/aromatic N) is 1. The second kappa shape index (κ2) is 10.8. The molecule has 0 fully saturated rings. The number of amides is 1. The van der Waals surface area contributed by atoms with Crippen molar-refractivity contribution in [1.82, 2.24) is 5.32 Å². The van der Waals surface area contributed by atoms with E-state index in [2.05, 4.69) is 21.2 Å². The third kappa shape index (κ3) is 7.30. The SMILES string of the molecule is C[C@H](NC(=O)COc1ccc(N(Cc2ccc(F)cc2)S(C)(=O)=O)cc1)c1ccc(Br)cc1. The summed E-state index contributed by atoms with van der Waals surface area (Å²) in [6.45, 7) is 1.78. The van der Waals surface area contributed by atoms with Gasteiger partial charge in [-0.05, 0) is 66.6 Å². The van der Waals surface area contributed by atoms with Crippen LogP contribution >= 0.6 is 15.9 Å². The van der Waals surface area contributed by atoms with Crippen LogP contribution in [0.1, 0.15) is 24.1 Å². The van der Waals surface area contributed by atoms with Gasteiger partial charge < -0.3 is 10.1 Å². The number of hydrogen-bond acceptors (Lipinski definition) is 4. The minimum absolute atomic E-state index is 0.0651. The lowest BCUT2D eigenvalue weighted by molar-refractivity contribution is -0.123. The lowest BCUT2D eigenvalue weighted by atomic mass is 10.1. The van der Waals surface area contributed by atoms with E-state index in [0.717, 1.165) is 16.3 Å². The fourth-order valence-corrected chi connectivity index (χ4v) is 4.28. The van der Waals surface area contributed by atoms with Gasteiger partial charge in [-0.1, -0.05) is 40.2 Å². The summed E-state index contributed by atoms with van der Waals surface area (Å²) >= 11 is 3.38. The summed E-state index contributed by atoms with van der Waals surface area (Å²) < 4.78 is 45.5. The molecule has 3 aromatic rings. The second-order valence-electron chi connectivity index (χ2n) is 7.52. The maximum atomic E-state index is 13.1. The van der Waals surface area contributed by atoms with Crippen molar-refractivity contribution < 1.29 is 22.3 Å². The third-order valence-electron chi connectivity index (χ3n) is 4.88. The van der Waals surface area contributed by atoms with Gasteiger partial charge >= 0.3 is 0 Å². The van der Waals surface area contributed by atoms with E-state index >= 15 is 0 Å². The normalized spacial score (nSPS) is 12.1. The van der Waals surface area contributed by atoms with Crippen molar-refractivity contribution in [3.8, 4) is 5.75 Å². The van der Waals surface area contributed by atoms with Crippen molar-refractivity contribution in [2.45, 2.75) is 19.5 Å². The number of sulfonamides is 1. The predicted molar refractivity (Wildman–Crippen MR) is 130 cm³/mol.